The second kappa shape index (κ2) is 5.42. The second-order valence-electron chi connectivity index (χ2n) is 3.83. The van der Waals surface area contributed by atoms with E-state index in [2.05, 4.69) is 0 Å². The van der Waals surface area contributed by atoms with Crippen molar-refractivity contribution < 1.29 is 9.90 Å². The van der Waals surface area contributed by atoms with Crippen LogP contribution in [0.25, 0.3) is 0 Å². The summed E-state index contributed by atoms with van der Waals surface area (Å²) in [6.45, 7) is 5.97. The fourth-order valence-corrected chi connectivity index (χ4v) is 2.38. The van der Waals surface area contributed by atoms with Crippen molar-refractivity contribution in [3.63, 3.8) is 0 Å². The zero-order chi connectivity index (χ0) is 11.4. The fourth-order valence-electron chi connectivity index (χ4n) is 1.69. The van der Waals surface area contributed by atoms with Gasteiger partial charge >= 0.3 is 0 Å². The Labute approximate surface area is 94.9 Å². The molecule has 0 radical (unpaired) electrons. The highest BCUT2D eigenvalue weighted by atomic mass is 32.1. The number of hydrogen-bond donors (Lipinski definition) is 1. The van der Waals surface area contributed by atoms with Gasteiger partial charge in [-0.3, -0.25) is 4.79 Å². The van der Waals surface area contributed by atoms with Crippen LogP contribution in [-0.4, -0.2) is 17.0 Å². The largest absolute Gasteiger partial charge is 0.385 e. The molecule has 1 aromatic rings. The molecule has 0 aliphatic heterocycles. The molecule has 1 atom stereocenters. The van der Waals surface area contributed by atoms with E-state index in [-0.39, 0.29) is 11.7 Å². The van der Waals surface area contributed by atoms with E-state index in [0.717, 1.165) is 17.7 Å². The Bertz CT molecular complexity index is 326. The summed E-state index contributed by atoms with van der Waals surface area (Å²) in [6.07, 6.45) is 0.841. The number of thiophene rings is 1. The summed E-state index contributed by atoms with van der Waals surface area (Å²) >= 11 is 1.55. The number of hydrogen-bond acceptors (Lipinski definition) is 3. The Morgan fingerprint density at radius 1 is 1.47 bits per heavy atom. The molecular weight excluding hydrogens is 208 g/mol. The maximum absolute atomic E-state index is 11.9. The van der Waals surface area contributed by atoms with Crippen molar-refractivity contribution in [1.82, 2.24) is 0 Å². The minimum atomic E-state index is -0.839. The molecule has 1 N–H and O–H groups in total. The number of aliphatic hydroxyl groups excluding tert-OH is 1. The van der Waals surface area contributed by atoms with Gasteiger partial charge in [-0.2, -0.15) is 0 Å². The van der Waals surface area contributed by atoms with E-state index in [1.807, 2.05) is 32.2 Å². The summed E-state index contributed by atoms with van der Waals surface area (Å²) in [5, 5.41) is 11.7. The highest BCUT2D eigenvalue weighted by Gasteiger charge is 2.24. The smallest absolute Gasteiger partial charge is 0.192 e. The van der Waals surface area contributed by atoms with Gasteiger partial charge in [-0.1, -0.05) is 26.7 Å². The van der Waals surface area contributed by atoms with Crippen LogP contribution in [0.2, 0.25) is 0 Å². The molecule has 1 unspecified atom stereocenters. The summed E-state index contributed by atoms with van der Waals surface area (Å²) in [5.74, 6) is -0.0502. The Morgan fingerprint density at radius 3 is 2.47 bits per heavy atom. The number of carbonyl (C=O) groups excluding carboxylic acids is 1. The lowest BCUT2D eigenvalue weighted by Crippen LogP contribution is -2.28. The Kier molecular flexibility index (Phi) is 4.48. The average molecular weight is 226 g/mol. The van der Waals surface area contributed by atoms with Crippen molar-refractivity contribution in [1.29, 1.82) is 0 Å². The molecule has 0 aliphatic carbocycles. The van der Waals surface area contributed by atoms with Crippen LogP contribution >= 0.6 is 11.3 Å². The summed E-state index contributed by atoms with van der Waals surface area (Å²) in [6, 6.07) is 1.85. The van der Waals surface area contributed by atoms with Gasteiger partial charge in [0, 0.05) is 15.8 Å². The van der Waals surface area contributed by atoms with Crippen LogP contribution in [0.5, 0.6) is 0 Å². The van der Waals surface area contributed by atoms with Crippen molar-refractivity contribution >= 4 is 17.1 Å². The highest BCUT2D eigenvalue weighted by Crippen LogP contribution is 2.20. The van der Waals surface area contributed by atoms with E-state index in [1.165, 1.54) is 0 Å². The van der Waals surface area contributed by atoms with Crippen LogP contribution in [0.4, 0.5) is 0 Å². The predicted octanol–water partition coefficient (Wildman–Crippen LogP) is 3.04. The third-order valence-corrected chi connectivity index (χ3v) is 3.64. The molecule has 0 spiro atoms. The summed E-state index contributed by atoms with van der Waals surface area (Å²) in [4.78, 5) is 13.0. The third-order valence-electron chi connectivity index (χ3n) is 2.78. The minimum absolute atomic E-state index is 0.0812. The molecule has 2 nitrogen and oxygen atoms in total. The van der Waals surface area contributed by atoms with E-state index < -0.39 is 6.10 Å². The molecule has 0 amide bonds. The van der Waals surface area contributed by atoms with Crippen molar-refractivity contribution in [3.8, 4) is 0 Å². The Balaban J connectivity index is 2.76. The first-order valence-corrected chi connectivity index (χ1v) is 6.25. The monoisotopic (exact) mass is 226 g/mol. The van der Waals surface area contributed by atoms with Crippen molar-refractivity contribution in [2.45, 2.75) is 39.7 Å². The average Bonchev–Trinajstić information content (AvgIpc) is 2.65. The summed E-state index contributed by atoms with van der Waals surface area (Å²) < 4.78 is 0. The lowest BCUT2D eigenvalue weighted by Gasteiger charge is -2.18. The van der Waals surface area contributed by atoms with Gasteiger partial charge in [0.1, 0.15) is 6.10 Å². The number of carbonyl (C=O) groups is 1. The normalized spacial score (nSPS) is 13.1. The summed E-state index contributed by atoms with van der Waals surface area (Å²) in [5.41, 5.74) is 0.650. The van der Waals surface area contributed by atoms with Crippen LogP contribution in [0.3, 0.4) is 0 Å². The Morgan fingerprint density at radius 2 is 2.07 bits per heavy atom. The minimum Gasteiger partial charge on any atom is -0.385 e. The molecule has 0 fully saturated rings. The van der Waals surface area contributed by atoms with Gasteiger partial charge < -0.3 is 5.11 Å². The van der Waals surface area contributed by atoms with Crippen LogP contribution in [0.1, 0.15) is 41.9 Å². The number of aliphatic hydroxyl groups is 1. The molecule has 84 valence electrons. The third kappa shape index (κ3) is 2.89. The van der Waals surface area contributed by atoms with Gasteiger partial charge in [0.25, 0.3) is 0 Å². The van der Waals surface area contributed by atoms with Gasteiger partial charge in [0.2, 0.25) is 0 Å². The van der Waals surface area contributed by atoms with E-state index in [0.29, 0.717) is 5.56 Å². The van der Waals surface area contributed by atoms with Crippen LogP contribution in [-0.2, 0) is 0 Å². The second-order valence-corrected chi connectivity index (χ2v) is 4.95. The van der Waals surface area contributed by atoms with Crippen molar-refractivity contribution in [2.24, 2.45) is 5.92 Å². The number of Topliss-reactive ketones (excluding diaryl/α,β-unsaturated/α-hetero) is 1. The number of aryl methyl sites for hydroxylation is 1. The highest BCUT2D eigenvalue weighted by molar-refractivity contribution is 7.10. The Hall–Kier alpha value is -0.670. The molecule has 1 rings (SSSR count). The van der Waals surface area contributed by atoms with Crippen molar-refractivity contribution in [3.05, 3.63) is 21.9 Å². The van der Waals surface area contributed by atoms with Gasteiger partial charge in [-0.15, -0.1) is 11.3 Å². The standard InChI is InChI=1S/C12H18O2S/c1-4-9(5-2)11(13)12(14)10-6-8(3)15-7-10/h6-7,9,11,13H,4-5H2,1-3H3. The first-order chi connectivity index (χ1) is 7.10. The van der Waals surface area contributed by atoms with Gasteiger partial charge in [0.05, 0.1) is 0 Å². The van der Waals surface area contributed by atoms with Crippen molar-refractivity contribution in [2.75, 3.05) is 0 Å². The first kappa shape index (κ1) is 12.4. The lowest BCUT2D eigenvalue weighted by atomic mass is 9.91. The van der Waals surface area contributed by atoms with E-state index in [9.17, 15) is 9.90 Å². The molecule has 15 heavy (non-hydrogen) atoms. The summed E-state index contributed by atoms with van der Waals surface area (Å²) in [7, 11) is 0. The van der Waals surface area contributed by atoms with E-state index >= 15 is 0 Å². The maximum Gasteiger partial charge on any atom is 0.192 e. The maximum atomic E-state index is 11.9. The molecule has 0 saturated carbocycles. The van der Waals surface area contributed by atoms with Gasteiger partial charge in [-0.25, -0.2) is 0 Å². The SMILES string of the molecule is CCC(CC)C(O)C(=O)c1csc(C)c1. The molecule has 1 aromatic heterocycles. The van der Waals surface area contributed by atoms with Crippen LogP contribution in [0, 0.1) is 12.8 Å². The van der Waals surface area contributed by atoms with Gasteiger partial charge in [-0.05, 0) is 18.9 Å². The lowest BCUT2D eigenvalue weighted by molar-refractivity contribution is 0.0588. The molecule has 0 bridgehead atoms. The molecular formula is C12H18O2S. The topological polar surface area (TPSA) is 37.3 Å². The zero-order valence-electron chi connectivity index (χ0n) is 9.49. The number of rotatable bonds is 5. The molecule has 0 aliphatic rings. The molecule has 0 saturated heterocycles. The van der Waals surface area contributed by atoms with E-state index in [1.54, 1.807) is 11.3 Å². The molecule has 1 heterocycles. The van der Waals surface area contributed by atoms with Crippen LogP contribution in [0.15, 0.2) is 11.4 Å². The van der Waals surface area contributed by atoms with Crippen LogP contribution < -0.4 is 0 Å². The van der Waals surface area contributed by atoms with Gasteiger partial charge in [0.15, 0.2) is 5.78 Å². The molecule has 3 heteroatoms. The number of ketones is 1. The first-order valence-electron chi connectivity index (χ1n) is 5.37. The van der Waals surface area contributed by atoms with E-state index in [4.69, 9.17) is 0 Å². The quantitative estimate of drug-likeness (QED) is 0.784. The fraction of sp³-hybridized carbons (Fsp3) is 0.583. The molecule has 0 aromatic carbocycles. The predicted molar refractivity (Wildman–Crippen MR) is 63.5 cm³/mol. The zero-order valence-corrected chi connectivity index (χ0v) is 10.3.